The Kier molecular flexibility index (Phi) is 8.15. The molecule has 0 heterocycles. The van der Waals surface area contributed by atoms with Crippen molar-refractivity contribution in [2.45, 2.75) is 71.0 Å². The highest BCUT2D eigenvalue weighted by atomic mass is 19.1. The second-order valence-electron chi connectivity index (χ2n) is 12.5. The van der Waals surface area contributed by atoms with Crippen LogP contribution >= 0.6 is 0 Å². The molecule has 1 saturated carbocycles. The van der Waals surface area contributed by atoms with Gasteiger partial charge in [0.2, 0.25) is 0 Å². The third kappa shape index (κ3) is 5.46. The van der Waals surface area contributed by atoms with Crippen molar-refractivity contribution in [2.24, 2.45) is 11.3 Å². The summed E-state index contributed by atoms with van der Waals surface area (Å²) in [6.45, 7) is 6.68. The first kappa shape index (κ1) is 29.1. The van der Waals surface area contributed by atoms with Gasteiger partial charge in [0.15, 0.2) is 0 Å². The maximum Gasteiger partial charge on any atom is 0.309 e. The topological polar surface area (TPSA) is 54.0 Å². The molecule has 0 saturated heterocycles. The van der Waals surface area contributed by atoms with Crippen molar-refractivity contribution >= 4 is 5.97 Å². The number of carbonyl (C=O) groups is 1. The number of carbonyl (C=O) groups excluding carboxylic acids is 1. The smallest absolute Gasteiger partial charge is 0.309 e. The zero-order valence-electron chi connectivity index (χ0n) is 25.0. The number of halogens is 1. The van der Waals surface area contributed by atoms with Crippen LogP contribution in [0, 0.1) is 17.2 Å². The maximum atomic E-state index is 15.1. The summed E-state index contributed by atoms with van der Waals surface area (Å²) in [5, 5.41) is 0. The number of fused-ring (bicyclic) bond motifs is 2. The average molecular weight is 561 g/mol. The number of methoxy groups -OCH3 is 3. The first-order valence-electron chi connectivity index (χ1n) is 14.4. The number of esters is 1. The summed E-state index contributed by atoms with van der Waals surface area (Å²) in [6.07, 6.45) is 4.69. The summed E-state index contributed by atoms with van der Waals surface area (Å²) in [4.78, 5) is 12.5. The van der Waals surface area contributed by atoms with Gasteiger partial charge in [-0.15, -0.1) is 0 Å². The fourth-order valence-electron chi connectivity index (χ4n) is 6.92. The quantitative estimate of drug-likeness (QED) is 0.262. The van der Waals surface area contributed by atoms with Gasteiger partial charge in [0.25, 0.3) is 0 Å². The molecular formula is C35H41FO5. The van der Waals surface area contributed by atoms with Crippen LogP contribution in [0.5, 0.6) is 11.5 Å². The Morgan fingerprint density at radius 2 is 1.76 bits per heavy atom. The van der Waals surface area contributed by atoms with E-state index < -0.39 is 0 Å². The molecule has 2 unspecified atom stereocenters. The molecule has 0 aliphatic heterocycles. The Morgan fingerprint density at radius 1 is 0.976 bits per heavy atom. The van der Waals surface area contributed by atoms with E-state index in [1.54, 1.807) is 26.4 Å². The highest BCUT2D eigenvalue weighted by Gasteiger charge is 2.53. The lowest BCUT2D eigenvalue weighted by Crippen LogP contribution is -2.50. The van der Waals surface area contributed by atoms with Crippen molar-refractivity contribution < 1.29 is 28.1 Å². The summed E-state index contributed by atoms with van der Waals surface area (Å²) < 4.78 is 38.0. The molecule has 41 heavy (non-hydrogen) atoms. The Morgan fingerprint density at radius 3 is 2.41 bits per heavy atom. The SMILES string of the molecule is COC(=O)C1CCC12CCCc1ccc(OCc3ccc(-c4cc(OC)ccc4F)c([C@H](OC)C(C)(C)C)c3)cc12. The molecule has 0 radical (unpaired) electrons. The zero-order chi connectivity index (χ0) is 29.4. The van der Waals surface area contributed by atoms with Gasteiger partial charge < -0.3 is 18.9 Å². The molecule has 5 rings (SSSR count). The summed E-state index contributed by atoms with van der Waals surface area (Å²) in [5.41, 5.74) is 5.25. The second-order valence-corrected chi connectivity index (χ2v) is 12.5. The van der Waals surface area contributed by atoms with Gasteiger partial charge >= 0.3 is 5.97 Å². The first-order chi connectivity index (χ1) is 19.6. The fraction of sp³-hybridized carbons (Fsp3) is 0.457. The van der Waals surface area contributed by atoms with Gasteiger partial charge in [-0.05, 0) is 102 Å². The fourth-order valence-corrected chi connectivity index (χ4v) is 6.92. The van der Waals surface area contributed by atoms with E-state index in [0.717, 1.165) is 54.5 Å². The van der Waals surface area contributed by atoms with Crippen LogP contribution in [0.3, 0.4) is 0 Å². The van der Waals surface area contributed by atoms with E-state index in [2.05, 4.69) is 39.0 Å². The Labute approximate surface area is 243 Å². The summed E-state index contributed by atoms with van der Waals surface area (Å²) in [7, 11) is 4.75. The third-order valence-corrected chi connectivity index (χ3v) is 9.01. The van der Waals surface area contributed by atoms with Crippen LogP contribution in [-0.4, -0.2) is 27.3 Å². The molecule has 2 aliphatic carbocycles. The standard InChI is InChI=1S/C35H41FO5/c1-34(2,3)32(39-5)28-18-22(9-13-26(28)27-19-24(38-4)12-14-31(27)36)21-41-25-11-10-23-8-7-16-35(30(23)20-25)17-15-29(35)33(37)40-6/h9-14,18-20,29,32H,7-8,15-17,21H2,1-6H3/t29?,32-,35?/m0/s1. The lowest BCUT2D eigenvalue weighted by molar-refractivity contribution is -0.153. The van der Waals surface area contributed by atoms with Gasteiger partial charge in [0.05, 0.1) is 26.2 Å². The maximum absolute atomic E-state index is 15.1. The molecular weight excluding hydrogens is 519 g/mol. The monoisotopic (exact) mass is 560 g/mol. The van der Waals surface area contributed by atoms with E-state index in [4.69, 9.17) is 18.9 Å². The summed E-state index contributed by atoms with van der Waals surface area (Å²) in [6, 6.07) is 17.1. The number of rotatable bonds is 8. The average Bonchev–Trinajstić information content (AvgIpc) is 2.95. The number of benzene rings is 3. The molecule has 2 aliphatic rings. The highest BCUT2D eigenvalue weighted by Crippen LogP contribution is 2.56. The minimum Gasteiger partial charge on any atom is -0.497 e. The summed E-state index contributed by atoms with van der Waals surface area (Å²) >= 11 is 0. The van der Waals surface area contributed by atoms with Crippen LogP contribution < -0.4 is 9.47 Å². The molecule has 6 heteroatoms. The van der Waals surface area contributed by atoms with Crippen LogP contribution in [0.15, 0.2) is 54.6 Å². The number of ether oxygens (including phenoxy) is 4. The normalized spacial score (nSPS) is 20.6. The van der Waals surface area contributed by atoms with Crippen molar-refractivity contribution in [3.63, 3.8) is 0 Å². The Hall–Kier alpha value is -3.38. The van der Waals surface area contributed by atoms with Crippen molar-refractivity contribution in [1.29, 1.82) is 0 Å². The largest absolute Gasteiger partial charge is 0.497 e. The van der Waals surface area contributed by atoms with E-state index in [-0.39, 0.29) is 34.6 Å². The van der Waals surface area contributed by atoms with Gasteiger partial charge in [-0.1, -0.05) is 39.0 Å². The Bertz CT molecular complexity index is 1420. The van der Waals surface area contributed by atoms with Crippen molar-refractivity contribution in [1.82, 2.24) is 0 Å². The van der Waals surface area contributed by atoms with Gasteiger partial charge in [0, 0.05) is 18.1 Å². The minimum absolute atomic E-state index is 0.0858. The lowest BCUT2D eigenvalue weighted by atomic mass is 9.52. The second kappa shape index (κ2) is 11.5. The minimum atomic E-state index is -0.316. The van der Waals surface area contributed by atoms with Gasteiger partial charge in [-0.3, -0.25) is 4.79 Å². The third-order valence-electron chi connectivity index (χ3n) is 9.01. The molecule has 3 aromatic rings. The molecule has 0 aromatic heterocycles. The number of aryl methyl sites for hydroxylation is 1. The molecule has 0 bridgehead atoms. The predicted octanol–water partition coefficient (Wildman–Crippen LogP) is 7.97. The van der Waals surface area contributed by atoms with Crippen LogP contribution in [0.4, 0.5) is 4.39 Å². The molecule has 3 atom stereocenters. The van der Waals surface area contributed by atoms with Crippen LogP contribution in [0.2, 0.25) is 0 Å². The molecule has 3 aromatic carbocycles. The molecule has 218 valence electrons. The molecule has 1 spiro atoms. The van der Waals surface area contributed by atoms with E-state index in [9.17, 15) is 4.79 Å². The van der Waals surface area contributed by atoms with Crippen LogP contribution in [-0.2, 0) is 32.7 Å². The van der Waals surface area contributed by atoms with E-state index >= 15 is 4.39 Å². The Balaban J connectivity index is 1.46. The highest BCUT2D eigenvalue weighted by molar-refractivity contribution is 5.76. The van der Waals surface area contributed by atoms with Gasteiger partial charge in [-0.25, -0.2) is 4.39 Å². The predicted molar refractivity (Wildman–Crippen MR) is 158 cm³/mol. The van der Waals surface area contributed by atoms with E-state index in [0.29, 0.717) is 17.9 Å². The molecule has 1 fully saturated rings. The van der Waals surface area contributed by atoms with Crippen LogP contribution in [0.25, 0.3) is 11.1 Å². The number of hydrogen-bond donors (Lipinski definition) is 0. The zero-order valence-corrected chi connectivity index (χ0v) is 25.0. The van der Waals surface area contributed by atoms with E-state index in [1.165, 1.54) is 24.3 Å². The lowest BCUT2D eigenvalue weighted by Gasteiger charge is -2.51. The number of hydrogen-bond acceptors (Lipinski definition) is 5. The summed E-state index contributed by atoms with van der Waals surface area (Å²) in [5.74, 6) is 0.864. The van der Waals surface area contributed by atoms with Gasteiger partial charge in [-0.2, -0.15) is 0 Å². The van der Waals surface area contributed by atoms with Gasteiger partial charge in [0.1, 0.15) is 23.9 Å². The van der Waals surface area contributed by atoms with Crippen LogP contribution in [0.1, 0.15) is 74.8 Å². The first-order valence-corrected chi connectivity index (χ1v) is 14.4. The van der Waals surface area contributed by atoms with Crippen molar-refractivity contribution in [2.75, 3.05) is 21.3 Å². The molecule has 0 N–H and O–H groups in total. The van der Waals surface area contributed by atoms with Crippen molar-refractivity contribution in [3.8, 4) is 22.6 Å². The molecule has 5 nitrogen and oxygen atoms in total. The van der Waals surface area contributed by atoms with E-state index in [1.807, 2.05) is 18.2 Å². The van der Waals surface area contributed by atoms with Crippen molar-refractivity contribution in [3.05, 3.63) is 82.7 Å². The molecule has 0 amide bonds.